The summed E-state index contributed by atoms with van der Waals surface area (Å²) in [6.45, 7) is 1.40. The molecule has 1 aromatic carbocycles. The van der Waals surface area contributed by atoms with E-state index in [0.717, 1.165) is 12.4 Å². The van der Waals surface area contributed by atoms with Crippen LogP contribution in [0, 0.1) is 18.6 Å². The summed E-state index contributed by atoms with van der Waals surface area (Å²) in [6, 6.07) is 2.22. The molecule has 2 aromatic rings. The average Bonchev–Trinajstić information content (AvgIpc) is 2.88. The second-order valence-corrected chi connectivity index (χ2v) is 3.94. The molecule has 2 rings (SSSR count). The van der Waals surface area contributed by atoms with E-state index in [1.807, 2.05) is 5.32 Å². The fourth-order valence-corrected chi connectivity index (χ4v) is 1.57. The van der Waals surface area contributed by atoms with Gasteiger partial charge in [0.05, 0.1) is 6.33 Å². The first-order valence-electron chi connectivity index (χ1n) is 5.44. The number of halogens is 2. The van der Waals surface area contributed by atoms with Gasteiger partial charge in [-0.2, -0.15) is 0 Å². The second-order valence-electron chi connectivity index (χ2n) is 3.94. The van der Waals surface area contributed by atoms with E-state index in [1.165, 1.54) is 13.0 Å². The smallest absolute Gasteiger partial charge is 0.354 e. The van der Waals surface area contributed by atoms with Crippen LogP contribution >= 0.6 is 0 Å². The quantitative estimate of drug-likeness (QED) is 0.801. The van der Waals surface area contributed by atoms with Crippen molar-refractivity contribution >= 4 is 17.6 Å². The van der Waals surface area contributed by atoms with Crippen LogP contribution in [-0.4, -0.2) is 27.0 Å². The van der Waals surface area contributed by atoms with Gasteiger partial charge in [0.25, 0.3) is 5.91 Å². The van der Waals surface area contributed by atoms with Crippen LogP contribution < -0.4 is 5.32 Å². The van der Waals surface area contributed by atoms with E-state index in [2.05, 4.69) is 9.97 Å². The molecular weight excluding hydrogens is 272 g/mol. The number of carbonyl (C=O) groups excluding carboxylic acids is 1. The van der Waals surface area contributed by atoms with Gasteiger partial charge in [-0.3, -0.25) is 4.79 Å². The van der Waals surface area contributed by atoms with Crippen molar-refractivity contribution in [2.45, 2.75) is 6.92 Å². The number of rotatable bonds is 3. The summed E-state index contributed by atoms with van der Waals surface area (Å²) in [5.41, 5.74) is -1.43. The zero-order valence-electron chi connectivity index (χ0n) is 10.2. The summed E-state index contributed by atoms with van der Waals surface area (Å²) in [6.07, 6.45) is 1.00. The molecule has 3 N–H and O–H groups in total. The topological polar surface area (TPSA) is 95.1 Å². The number of hydrogen-bond acceptors (Lipinski definition) is 3. The molecule has 0 aliphatic heterocycles. The Morgan fingerprint density at radius 3 is 2.70 bits per heavy atom. The summed E-state index contributed by atoms with van der Waals surface area (Å²) in [7, 11) is 0. The van der Waals surface area contributed by atoms with Crippen LogP contribution in [0.3, 0.4) is 0 Å². The van der Waals surface area contributed by atoms with E-state index >= 15 is 0 Å². The monoisotopic (exact) mass is 281 g/mol. The number of amides is 1. The predicted molar refractivity (Wildman–Crippen MR) is 64.6 cm³/mol. The molecule has 0 atom stereocenters. The molecule has 1 heterocycles. The Bertz CT molecular complexity index is 697. The van der Waals surface area contributed by atoms with E-state index in [1.54, 1.807) is 0 Å². The molecule has 0 fully saturated rings. The van der Waals surface area contributed by atoms with E-state index in [-0.39, 0.29) is 5.56 Å². The molecule has 0 saturated heterocycles. The minimum absolute atomic E-state index is 0.141. The number of aromatic nitrogens is 2. The fraction of sp³-hybridized carbons (Fsp3) is 0.0833. The Morgan fingerprint density at radius 1 is 1.35 bits per heavy atom. The van der Waals surface area contributed by atoms with Crippen LogP contribution in [0.1, 0.15) is 26.5 Å². The number of carboxylic acid groups (broad SMARTS) is 1. The Kier molecular flexibility index (Phi) is 3.47. The molecule has 0 aliphatic carbocycles. The van der Waals surface area contributed by atoms with Gasteiger partial charge in [-0.05, 0) is 18.6 Å². The van der Waals surface area contributed by atoms with Crippen LogP contribution in [-0.2, 0) is 0 Å². The lowest BCUT2D eigenvalue weighted by molar-refractivity contribution is 0.0686. The summed E-state index contributed by atoms with van der Waals surface area (Å²) in [5.74, 6) is -4.32. The summed E-state index contributed by atoms with van der Waals surface area (Å²) in [4.78, 5) is 28.4. The van der Waals surface area contributed by atoms with Gasteiger partial charge in [-0.25, -0.2) is 18.6 Å². The number of imidazole rings is 1. The maximum atomic E-state index is 13.7. The highest BCUT2D eigenvalue weighted by Gasteiger charge is 2.22. The van der Waals surface area contributed by atoms with Crippen molar-refractivity contribution in [1.82, 2.24) is 9.97 Å². The Labute approximate surface area is 111 Å². The second kappa shape index (κ2) is 5.08. The molecule has 8 heteroatoms. The highest BCUT2D eigenvalue weighted by atomic mass is 19.1. The van der Waals surface area contributed by atoms with Gasteiger partial charge in [-0.15, -0.1) is 0 Å². The van der Waals surface area contributed by atoms with Crippen molar-refractivity contribution < 1.29 is 23.5 Å². The average molecular weight is 281 g/mol. The molecule has 6 nitrogen and oxygen atoms in total. The summed E-state index contributed by atoms with van der Waals surface area (Å²) < 4.78 is 27.2. The summed E-state index contributed by atoms with van der Waals surface area (Å²) in [5, 5.41) is 10.8. The number of benzene rings is 1. The lowest BCUT2D eigenvalue weighted by atomic mass is 10.2. The van der Waals surface area contributed by atoms with E-state index < -0.39 is 40.6 Å². The minimum Gasteiger partial charge on any atom is -0.477 e. The van der Waals surface area contributed by atoms with Gasteiger partial charge < -0.3 is 15.4 Å². The number of nitrogens with zero attached hydrogens (tertiary/aromatic N) is 1. The number of aromatic carboxylic acids is 1. The molecule has 0 saturated carbocycles. The molecule has 1 aromatic heterocycles. The Balaban J connectivity index is 2.36. The summed E-state index contributed by atoms with van der Waals surface area (Å²) >= 11 is 0. The first-order chi connectivity index (χ1) is 9.41. The van der Waals surface area contributed by atoms with Crippen LogP contribution in [0.2, 0.25) is 0 Å². The predicted octanol–water partition coefficient (Wildman–Crippen LogP) is 1.95. The van der Waals surface area contributed by atoms with E-state index in [4.69, 9.17) is 5.11 Å². The zero-order valence-corrected chi connectivity index (χ0v) is 10.2. The normalized spacial score (nSPS) is 10.3. The van der Waals surface area contributed by atoms with Crippen molar-refractivity contribution in [2.24, 2.45) is 0 Å². The highest BCUT2D eigenvalue weighted by Crippen LogP contribution is 2.22. The third-order valence-corrected chi connectivity index (χ3v) is 2.59. The van der Waals surface area contributed by atoms with Crippen molar-refractivity contribution in [3.8, 4) is 0 Å². The number of carboxylic acids is 1. The number of carbonyl (C=O) groups is 2. The number of H-pyrrole nitrogens is 1. The standard InChI is InChI=1S/C12H9F2N3O3/c1-5-2-3-6(13)8(7(5)14)17-11(18)9-10(12(19)20)16-4-15-9/h2-4H,1H3,(H,15,16)(H,17,18)(H,19,20). The van der Waals surface area contributed by atoms with Crippen molar-refractivity contribution in [1.29, 1.82) is 0 Å². The molecule has 0 aliphatic rings. The van der Waals surface area contributed by atoms with Crippen LogP contribution in [0.15, 0.2) is 18.5 Å². The van der Waals surface area contributed by atoms with Crippen molar-refractivity contribution in [3.05, 3.63) is 47.0 Å². The molecule has 0 bridgehead atoms. The molecule has 0 spiro atoms. The van der Waals surface area contributed by atoms with Crippen molar-refractivity contribution in [3.63, 3.8) is 0 Å². The number of aromatic amines is 1. The lowest BCUT2D eigenvalue weighted by Crippen LogP contribution is -2.18. The van der Waals surface area contributed by atoms with Crippen LogP contribution in [0.25, 0.3) is 0 Å². The third-order valence-electron chi connectivity index (χ3n) is 2.59. The number of aryl methyl sites for hydroxylation is 1. The first-order valence-corrected chi connectivity index (χ1v) is 5.44. The van der Waals surface area contributed by atoms with Crippen molar-refractivity contribution in [2.75, 3.05) is 5.32 Å². The maximum absolute atomic E-state index is 13.7. The van der Waals surface area contributed by atoms with Gasteiger partial charge in [0, 0.05) is 0 Å². The van der Waals surface area contributed by atoms with E-state index in [9.17, 15) is 18.4 Å². The Morgan fingerprint density at radius 2 is 2.05 bits per heavy atom. The van der Waals surface area contributed by atoms with Gasteiger partial charge in [0.1, 0.15) is 11.5 Å². The molecule has 1 amide bonds. The van der Waals surface area contributed by atoms with E-state index in [0.29, 0.717) is 0 Å². The van der Waals surface area contributed by atoms with Gasteiger partial charge >= 0.3 is 5.97 Å². The zero-order chi connectivity index (χ0) is 14.9. The third kappa shape index (κ3) is 2.35. The largest absolute Gasteiger partial charge is 0.477 e. The molecule has 0 unspecified atom stereocenters. The van der Waals surface area contributed by atoms with Crippen LogP contribution in [0.5, 0.6) is 0 Å². The Hall–Kier alpha value is -2.77. The molecular formula is C12H9F2N3O3. The first kappa shape index (κ1) is 13.7. The molecule has 104 valence electrons. The molecule has 20 heavy (non-hydrogen) atoms. The van der Waals surface area contributed by atoms with Gasteiger partial charge in [0.15, 0.2) is 17.2 Å². The molecule has 0 radical (unpaired) electrons. The minimum atomic E-state index is -1.40. The highest BCUT2D eigenvalue weighted by molar-refractivity contribution is 6.08. The van der Waals surface area contributed by atoms with Gasteiger partial charge in [-0.1, -0.05) is 6.07 Å². The number of hydrogen-bond donors (Lipinski definition) is 3. The van der Waals surface area contributed by atoms with Crippen LogP contribution in [0.4, 0.5) is 14.5 Å². The number of anilines is 1. The van der Waals surface area contributed by atoms with Gasteiger partial charge in [0.2, 0.25) is 0 Å². The maximum Gasteiger partial charge on any atom is 0.354 e. The number of nitrogens with one attached hydrogen (secondary N) is 2. The SMILES string of the molecule is Cc1ccc(F)c(NC(=O)c2nc[nH]c2C(=O)O)c1F. The fourth-order valence-electron chi connectivity index (χ4n) is 1.57. The lowest BCUT2D eigenvalue weighted by Gasteiger charge is -2.08.